The fourth-order valence-corrected chi connectivity index (χ4v) is 2.21. The molecule has 0 saturated carbocycles. The van der Waals surface area contributed by atoms with Gasteiger partial charge in [-0.25, -0.2) is 4.79 Å². The smallest absolute Gasteiger partial charge is 0.335 e. The highest BCUT2D eigenvalue weighted by Gasteiger charge is 2.08. The van der Waals surface area contributed by atoms with Crippen molar-refractivity contribution in [2.45, 2.75) is 19.3 Å². The molecule has 98 valence electrons. The Kier molecular flexibility index (Phi) is 4.58. The average Bonchev–Trinajstić information content (AvgIpc) is 2.41. The van der Waals surface area contributed by atoms with E-state index in [-0.39, 0.29) is 0 Å². The molecule has 0 heterocycles. The van der Waals surface area contributed by atoms with Gasteiger partial charge >= 0.3 is 5.97 Å². The van der Waals surface area contributed by atoms with Gasteiger partial charge in [0.05, 0.1) is 5.56 Å². The van der Waals surface area contributed by atoms with E-state index >= 15 is 0 Å². The van der Waals surface area contributed by atoms with E-state index in [9.17, 15) is 4.79 Å². The molecular weight excluding hydrogens is 260 g/mol. The van der Waals surface area contributed by atoms with Gasteiger partial charge in [-0.05, 0) is 48.6 Å². The minimum absolute atomic E-state index is 0.401. The Bertz CT molecular complexity index is 561. The summed E-state index contributed by atoms with van der Waals surface area (Å²) in [5.41, 5.74) is 2.51. The number of benzene rings is 2. The summed E-state index contributed by atoms with van der Waals surface area (Å²) in [5.74, 6) is -0.859. The van der Waals surface area contributed by atoms with Gasteiger partial charge in [0.2, 0.25) is 0 Å². The predicted octanol–water partition coefficient (Wildman–Crippen LogP) is 4.21. The van der Waals surface area contributed by atoms with Crippen molar-refractivity contribution in [2.75, 3.05) is 0 Å². The molecule has 2 nitrogen and oxygen atoms in total. The van der Waals surface area contributed by atoms with Gasteiger partial charge in [0.1, 0.15) is 0 Å². The number of hydrogen-bond donors (Lipinski definition) is 1. The molecule has 0 unspecified atom stereocenters. The maximum absolute atomic E-state index is 11.1. The Morgan fingerprint density at radius 2 is 1.68 bits per heavy atom. The lowest BCUT2D eigenvalue weighted by molar-refractivity contribution is 0.0695. The summed E-state index contributed by atoms with van der Waals surface area (Å²) in [6, 6.07) is 14.9. The first kappa shape index (κ1) is 13.6. The van der Waals surface area contributed by atoms with Crippen LogP contribution in [0.25, 0.3) is 0 Å². The molecule has 0 amide bonds. The number of aryl methyl sites for hydroxylation is 2. The zero-order chi connectivity index (χ0) is 13.7. The van der Waals surface area contributed by atoms with Crippen molar-refractivity contribution in [3.63, 3.8) is 0 Å². The third kappa shape index (κ3) is 3.83. The van der Waals surface area contributed by atoms with Gasteiger partial charge in [0, 0.05) is 5.02 Å². The molecule has 0 spiro atoms. The minimum Gasteiger partial charge on any atom is -0.478 e. The summed E-state index contributed by atoms with van der Waals surface area (Å²) < 4.78 is 0. The fourth-order valence-electron chi connectivity index (χ4n) is 2.08. The molecule has 0 saturated heterocycles. The number of rotatable bonds is 5. The summed E-state index contributed by atoms with van der Waals surface area (Å²) in [6.45, 7) is 0. The molecule has 0 bridgehead atoms. The number of aromatic carboxylic acids is 1. The van der Waals surface area contributed by atoms with Crippen LogP contribution in [0, 0.1) is 0 Å². The van der Waals surface area contributed by atoms with Crippen molar-refractivity contribution in [3.05, 3.63) is 70.2 Å². The largest absolute Gasteiger partial charge is 0.478 e. The highest BCUT2D eigenvalue weighted by Crippen LogP contribution is 2.15. The van der Waals surface area contributed by atoms with Crippen molar-refractivity contribution in [1.29, 1.82) is 0 Å². The first-order chi connectivity index (χ1) is 9.16. The van der Waals surface area contributed by atoms with Crippen molar-refractivity contribution in [3.8, 4) is 0 Å². The molecule has 0 aliphatic carbocycles. The lowest BCUT2D eigenvalue weighted by Crippen LogP contribution is -2.02. The summed E-state index contributed by atoms with van der Waals surface area (Å²) in [5, 5.41) is 9.83. The fraction of sp³-hybridized carbons (Fsp3) is 0.188. The van der Waals surface area contributed by atoms with Gasteiger partial charge in [-0.2, -0.15) is 0 Å². The molecule has 0 atom stereocenters. The van der Waals surface area contributed by atoms with E-state index in [0.717, 1.165) is 29.8 Å². The van der Waals surface area contributed by atoms with Crippen LogP contribution >= 0.6 is 11.6 Å². The molecule has 0 fully saturated rings. The third-order valence-electron chi connectivity index (χ3n) is 3.07. The van der Waals surface area contributed by atoms with Crippen LogP contribution in [-0.2, 0) is 12.8 Å². The summed E-state index contributed by atoms with van der Waals surface area (Å²) in [7, 11) is 0. The van der Waals surface area contributed by atoms with E-state index in [1.54, 1.807) is 12.1 Å². The molecular formula is C16H15ClO2. The predicted molar refractivity (Wildman–Crippen MR) is 76.9 cm³/mol. The number of carbonyl (C=O) groups is 1. The maximum atomic E-state index is 11.1. The zero-order valence-electron chi connectivity index (χ0n) is 10.5. The van der Waals surface area contributed by atoms with E-state index in [1.165, 1.54) is 5.56 Å². The number of carboxylic acids is 1. The van der Waals surface area contributed by atoms with Crippen LogP contribution < -0.4 is 0 Å². The van der Waals surface area contributed by atoms with Gasteiger partial charge in [-0.3, -0.25) is 0 Å². The Hall–Kier alpha value is -1.80. The molecule has 3 heteroatoms. The van der Waals surface area contributed by atoms with Crippen molar-refractivity contribution < 1.29 is 9.90 Å². The standard InChI is InChI=1S/C16H15ClO2/c17-14-10-8-12(9-11-14)4-3-6-13-5-1-2-7-15(13)16(18)19/h1-2,5,7-11H,3-4,6H2,(H,18,19). The van der Waals surface area contributed by atoms with Crippen molar-refractivity contribution >= 4 is 17.6 Å². The molecule has 1 N–H and O–H groups in total. The topological polar surface area (TPSA) is 37.3 Å². The van der Waals surface area contributed by atoms with Gasteiger partial charge in [-0.1, -0.05) is 41.9 Å². The lowest BCUT2D eigenvalue weighted by Gasteiger charge is -2.06. The quantitative estimate of drug-likeness (QED) is 0.887. The zero-order valence-corrected chi connectivity index (χ0v) is 11.2. The molecule has 2 aromatic rings. The lowest BCUT2D eigenvalue weighted by atomic mass is 10.00. The molecule has 0 radical (unpaired) electrons. The van der Waals surface area contributed by atoms with E-state index in [2.05, 4.69) is 0 Å². The first-order valence-corrected chi connectivity index (χ1v) is 6.60. The van der Waals surface area contributed by atoms with E-state index in [4.69, 9.17) is 16.7 Å². The second-order valence-corrected chi connectivity index (χ2v) is 4.88. The molecule has 0 aliphatic rings. The molecule has 0 aliphatic heterocycles. The molecule has 0 aromatic heterocycles. The molecule has 2 aromatic carbocycles. The number of carboxylic acid groups (broad SMARTS) is 1. The monoisotopic (exact) mass is 274 g/mol. The molecule has 19 heavy (non-hydrogen) atoms. The van der Waals surface area contributed by atoms with Crippen LogP contribution in [0.4, 0.5) is 0 Å². The number of halogens is 1. The third-order valence-corrected chi connectivity index (χ3v) is 3.32. The molecule has 2 rings (SSSR count). The van der Waals surface area contributed by atoms with Crippen LogP contribution in [0.15, 0.2) is 48.5 Å². The highest BCUT2D eigenvalue weighted by atomic mass is 35.5. The second-order valence-electron chi connectivity index (χ2n) is 4.44. The van der Waals surface area contributed by atoms with E-state index < -0.39 is 5.97 Å². The van der Waals surface area contributed by atoms with E-state index in [0.29, 0.717) is 5.56 Å². The summed E-state index contributed by atoms with van der Waals surface area (Å²) in [4.78, 5) is 11.1. The SMILES string of the molecule is O=C(O)c1ccccc1CCCc1ccc(Cl)cc1. The second kappa shape index (κ2) is 6.39. The Morgan fingerprint density at radius 1 is 1.00 bits per heavy atom. The van der Waals surface area contributed by atoms with Gasteiger partial charge < -0.3 is 5.11 Å². The van der Waals surface area contributed by atoms with Gasteiger partial charge in [-0.15, -0.1) is 0 Å². The Morgan fingerprint density at radius 3 is 2.37 bits per heavy atom. The van der Waals surface area contributed by atoms with Crippen LogP contribution in [0.5, 0.6) is 0 Å². The van der Waals surface area contributed by atoms with Crippen LogP contribution in [-0.4, -0.2) is 11.1 Å². The van der Waals surface area contributed by atoms with Gasteiger partial charge in [0.15, 0.2) is 0 Å². The van der Waals surface area contributed by atoms with E-state index in [1.807, 2.05) is 36.4 Å². The number of hydrogen-bond acceptors (Lipinski definition) is 1. The van der Waals surface area contributed by atoms with Gasteiger partial charge in [0.25, 0.3) is 0 Å². The normalized spacial score (nSPS) is 10.4. The summed E-state index contributed by atoms with van der Waals surface area (Å²) >= 11 is 5.83. The minimum atomic E-state index is -0.859. The maximum Gasteiger partial charge on any atom is 0.335 e. The Labute approximate surface area is 117 Å². The average molecular weight is 275 g/mol. The van der Waals surface area contributed by atoms with Crippen molar-refractivity contribution in [1.82, 2.24) is 0 Å². The van der Waals surface area contributed by atoms with Crippen molar-refractivity contribution in [2.24, 2.45) is 0 Å². The van der Waals surface area contributed by atoms with Crippen LogP contribution in [0.2, 0.25) is 5.02 Å². The summed E-state index contributed by atoms with van der Waals surface area (Å²) in [6.07, 6.45) is 2.61. The first-order valence-electron chi connectivity index (χ1n) is 6.22. The Balaban J connectivity index is 1.96. The van der Waals surface area contributed by atoms with Crippen LogP contribution in [0.3, 0.4) is 0 Å². The highest BCUT2D eigenvalue weighted by molar-refractivity contribution is 6.30. The van der Waals surface area contributed by atoms with Crippen LogP contribution in [0.1, 0.15) is 27.9 Å².